The maximum absolute atomic E-state index is 10.6. The predicted octanol–water partition coefficient (Wildman–Crippen LogP) is 1.49. The van der Waals surface area contributed by atoms with Crippen molar-refractivity contribution < 1.29 is 14.4 Å². The number of rotatable bonds is 6. The Balaban J connectivity index is 0. The molecule has 5 heteroatoms. The van der Waals surface area contributed by atoms with E-state index in [1.165, 1.54) is 0 Å². The van der Waals surface area contributed by atoms with Crippen molar-refractivity contribution in [1.29, 1.82) is 0 Å². The monoisotopic (exact) mass is 254 g/mol. The zero-order valence-electron chi connectivity index (χ0n) is 11.3. The fraction of sp³-hybridized carbons (Fsp3) is 0.385. The van der Waals surface area contributed by atoms with Gasteiger partial charge in [-0.1, -0.05) is 19.2 Å². The quantitative estimate of drug-likeness (QED) is 0.429. The van der Waals surface area contributed by atoms with Crippen molar-refractivity contribution in [3.8, 4) is 0 Å². The number of hydrogen-bond donors (Lipinski definition) is 2. The summed E-state index contributed by atoms with van der Waals surface area (Å²) >= 11 is 0. The maximum Gasteiger partial charge on any atom is 0.269 e. The fourth-order valence-electron chi connectivity index (χ4n) is 0.541. The van der Waals surface area contributed by atoms with Crippen LogP contribution in [0.3, 0.4) is 0 Å². The average Bonchev–Trinajstić information content (AvgIpc) is 2.33. The molecule has 0 fully saturated rings. The molecule has 0 aromatic heterocycles. The second kappa shape index (κ2) is 11.6. The Labute approximate surface area is 109 Å². The van der Waals surface area contributed by atoms with E-state index in [-0.39, 0.29) is 11.8 Å². The summed E-state index contributed by atoms with van der Waals surface area (Å²) in [5, 5.41) is 2.58. The molecule has 0 aromatic rings. The summed E-state index contributed by atoms with van der Waals surface area (Å²) in [5.74, 6) is -0.383. The molecule has 0 saturated carbocycles. The molecular weight excluding hydrogens is 232 g/mol. The minimum Gasteiger partial charge on any atom is -0.349 e. The number of hydroxylamine groups is 1. The first-order valence-electron chi connectivity index (χ1n) is 5.49. The van der Waals surface area contributed by atoms with Crippen LogP contribution in [-0.4, -0.2) is 25.0 Å². The van der Waals surface area contributed by atoms with E-state index in [0.29, 0.717) is 24.3 Å². The Kier molecular flexibility index (Phi) is 11.9. The Bertz CT molecular complexity index is 322. The molecule has 0 unspecified atom stereocenters. The minimum absolute atomic E-state index is 0.116. The fourth-order valence-corrected chi connectivity index (χ4v) is 0.541. The van der Waals surface area contributed by atoms with Crippen LogP contribution in [0.4, 0.5) is 0 Å². The second-order valence-corrected chi connectivity index (χ2v) is 3.42. The Hall–Kier alpha value is -1.88. The normalized spacial score (nSPS) is 8.39. The third-order valence-corrected chi connectivity index (χ3v) is 1.49. The van der Waals surface area contributed by atoms with Crippen molar-refractivity contribution in [1.82, 2.24) is 10.8 Å². The van der Waals surface area contributed by atoms with Gasteiger partial charge in [0.2, 0.25) is 5.91 Å². The number of carbonyl (C=O) groups excluding carboxylic acids is 2. The highest BCUT2D eigenvalue weighted by molar-refractivity contribution is 5.92. The zero-order chi connectivity index (χ0) is 14.6. The molecule has 0 rings (SSSR count). The SMILES string of the molecule is C=C(C)C(=O)NOCC.C=CCNC(=O)C(=C)C. The molecule has 0 spiro atoms. The van der Waals surface area contributed by atoms with Crippen molar-refractivity contribution >= 4 is 11.8 Å². The summed E-state index contributed by atoms with van der Waals surface area (Å²) in [6, 6.07) is 0. The topological polar surface area (TPSA) is 67.4 Å². The maximum atomic E-state index is 10.6. The van der Waals surface area contributed by atoms with Gasteiger partial charge in [-0.3, -0.25) is 14.4 Å². The Morgan fingerprint density at radius 3 is 2.00 bits per heavy atom. The van der Waals surface area contributed by atoms with Crippen LogP contribution < -0.4 is 10.8 Å². The van der Waals surface area contributed by atoms with Crippen LogP contribution in [0, 0.1) is 0 Å². The summed E-state index contributed by atoms with van der Waals surface area (Å²) < 4.78 is 0. The van der Waals surface area contributed by atoms with E-state index in [1.54, 1.807) is 26.8 Å². The Morgan fingerprint density at radius 1 is 1.17 bits per heavy atom. The number of nitrogens with one attached hydrogen (secondary N) is 2. The summed E-state index contributed by atoms with van der Waals surface area (Å²) in [5.41, 5.74) is 3.17. The van der Waals surface area contributed by atoms with Crippen molar-refractivity contribution in [2.45, 2.75) is 20.8 Å². The first kappa shape index (κ1) is 18.5. The molecule has 0 aliphatic carbocycles. The van der Waals surface area contributed by atoms with E-state index in [9.17, 15) is 9.59 Å². The van der Waals surface area contributed by atoms with Crippen LogP contribution in [0.2, 0.25) is 0 Å². The van der Waals surface area contributed by atoms with Gasteiger partial charge in [-0.25, -0.2) is 5.48 Å². The van der Waals surface area contributed by atoms with E-state index in [1.807, 2.05) is 0 Å². The van der Waals surface area contributed by atoms with Crippen LogP contribution >= 0.6 is 0 Å². The first-order valence-corrected chi connectivity index (χ1v) is 5.49. The van der Waals surface area contributed by atoms with Crippen molar-refractivity contribution in [3.05, 3.63) is 37.0 Å². The smallest absolute Gasteiger partial charge is 0.269 e. The molecule has 2 amide bonds. The highest BCUT2D eigenvalue weighted by Gasteiger charge is 1.97. The summed E-state index contributed by atoms with van der Waals surface area (Å²) in [7, 11) is 0. The van der Waals surface area contributed by atoms with Gasteiger partial charge in [0.25, 0.3) is 5.91 Å². The van der Waals surface area contributed by atoms with Crippen LogP contribution in [0.25, 0.3) is 0 Å². The highest BCUT2D eigenvalue weighted by Crippen LogP contribution is 1.84. The van der Waals surface area contributed by atoms with Crippen molar-refractivity contribution in [2.24, 2.45) is 0 Å². The largest absolute Gasteiger partial charge is 0.349 e. The molecule has 0 aromatic carbocycles. The molecule has 0 atom stereocenters. The molecule has 0 aliphatic rings. The van der Waals surface area contributed by atoms with Gasteiger partial charge < -0.3 is 5.32 Å². The molecule has 0 radical (unpaired) electrons. The lowest BCUT2D eigenvalue weighted by atomic mass is 10.3. The zero-order valence-corrected chi connectivity index (χ0v) is 11.3. The molecule has 2 N–H and O–H groups in total. The molecule has 0 saturated heterocycles. The molecule has 18 heavy (non-hydrogen) atoms. The van der Waals surface area contributed by atoms with E-state index in [0.717, 1.165) is 0 Å². The highest BCUT2D eigenvalue weighted by atomic mass is 16.6. The van der Waals surface area contributed by atoms with E-state index < -0.39 is 0 Å². The second-order valence-electron chi connectivity index (χ2n) is 3.42. The molecular formula is C13H22N2O3. The van der Waals surface area contributed by atoms with Crippen LogP contribution in [-0.2, 0) is 14.4 Å². The average molecular weight is 254 g/mol. The number of amides is 2. The van der Waals surface area contributed by atoms with Gasteiger partial charge >= 0.3 is 0 Å². The first-order chi connectivity index (χ1) is 8.36. The minimum atomic E-state index is -0.267. The van der Waals surface area contributed by atoms with E-state index in [2.05, 4.69) is 35.4 Å². The standard InChI is InChI=1S/C7H11NO.C6H11NO2/c1-4-5-8-7(9)6(2)3;1-4-9-7-6(8)5(2)3/h4H,1-2,5H2,3H3,(H,8,9);2,4H2,1,3H3,(H,7,8). The van der Waals surface area contributed by atoms with Gasteiger partial charge in [0.05, 0.1) is 6.61 Å². The molecule has 5 nitrogen and oxygen atoms in total. The summed E-state index contributed by atoms with van der Waals surface area (Å²) in [6.45, 7) is 16.4. The number of hydrogen-bond acceptors (Lipinski definition) is 3. The molecule has 0 heterocycles. The van der Waals surface area contributed by atoms with Gasteiger partial charge in [-0.2, -0.15) is 0 Å². The summed E-state index contributed by atoms with van der Waals surface area (Å²) in [6.07, 6.45) is 1.63. The van der Waals surface area contributed by atoms with E-state index >= 15 is 0 Å². The third kappa shape index (κ3) is 12.2. The third-order valence-electron chi connectivity index (χ3n) is 1.49. The number of carbonyl (C=O) groups is 2. The van der Waals surface area contributed by atoms with Crippen LogP contribution in [0.15, 0.2) is 37.0 Å². The van der Waals surface area contributed by atoms with E-state index in [4.69, 9.17) is 0 Å². The Morgan fingerprint density at radius 2 is 1.67 bits per heavy atom. The molecule has 0 bridgehead atoms. The van der Waals surface area contributed by atoms with Crippen molar-refractivity contribution in [2.75, 3.05) is 13.2 Å². The van der Waals surface area contributed by atoms with Crippen molar-refractivity contribution in [3.63, 3.8) is 0 Å². The summed E-state index contributed by atoms with van der Waals surface area (Å²) in [4.78, 5) is 25.8. The molecule has 102 valence electrons. The van der Waals surface area contributed by atoms with Crippen LogP contribution in [0.1, 0.15) is 20.8 Å². The van der Waals surface area contributed by atoms with Gasteiger partial charge in [0.1, 0.15) is 0 Å². The lowest BCUT2D eigenvalue weighted by Gasteiger charge is -2.00. The molecule has 0 aliphatic heterocycles. The van der Waals surface area contributed by atoms with Gasteiger partial charge in [0.15, 0.2) is 0 Å². The van der Waals surface area contributed by atoms with Gasteiger partial charge in [-0.15, -0.1) is 6.58 Å². The lowest BCUT2D eigenvalue weighted by Crippen LogP contribution is -2.23. The predicted molar refractivity (Wildman–Crippen MR) is 72.6 cm³/mol. The van der Waals surface area contributed by atoms with Crippen LogP contribution in [0.5, 0.6) is 0 Å². The lowest BCUT2D eigenvalue weighted by molar-refractivity contribution is -0.129. The van der Waals surface area contributed by atoms with Gasteiger partial charge in [0, 0.05) is 17.7 Å². The van der Waals surface area contributed by atoms with Gasteiger partial charge in [-0.05, 0) is 20.8 Å².